The number of benzene rings is 3. The molecule has 9 heteroatoms. The summed E-state index contributed by atoms with van der Waals surface area (Å²) < 4.78 is 81.3. The molecule has 0 bridgehead atoms. The van der Waals surface area contributed by atoms with Crippen LogP contribution in [0.5, 0.6) is 0 Å². The molecule has 2 unspecified atom stereocenters. The van der Waals surface area contributed by atoms with E-state index in [1.165, 1.54) is 31.2 Å². The molecule has 2 atom stereocenters. The van der Waals surface area contributed by atoms with Crippen molar-refractivity contribution >= 4 is 11.9 Å². The van der Waals surface area contributed by atoms with Gasteiger partial charge in [-0.25, -0.2) is 31.5 Å². The molecular formula is C28H25F5O4. The van der Waals surface area contributed by atoms with E-state index in [4.69, 9.17) is 9.47 Å². The lowest BCUT2D eigenvalue weighted by atomic mass is 10.0. The molecule has 0 radical (unpaired) electrons. The molecule has 0 saturated heterocycles. The zero-order valence-electron chi connectivity index (χ0n) is 20.4. The summed E-state index contributed by atoms with van der Waals surface area (Å²) in [7, 11) is 0. The van der Waals surface area contributed by atoms with Gasteiger partial charge in [0.25, 0.3) is 0 Å². The standard InChI is InChI=1S/C28H25F5O4/c1-4-16-6-10-18(11-7-16)27(34)36-15(3)14-20(21-22(29)24(31)26(33)25(32)23(21)30)37-28(35)19-12-8-17(5-2)9-13-19/h6-13,15,20H,4-5,14H2,1-3H3. The van der Waals surface area contributed by atoms with E-state index in [-0.39, 0.29) is 11.1 Å². The summed E-state index contributed by atoms with van der Waals surface area (Å²) in [6.45, 7) is 5.18. The fourth-order valence-corrected chi connectivity index (χ4v) is 3.68. The van der Waals surface area contributed by atoms with Crippen molar-refractivity contribution in [3.63, 3.8) is 0 Å². The second-order valence-corrected chi connectivity index (χ2v) is 8.43. The zero-order chi connectivity index (χ0) is 27.3. The maximum Gasteiger partial charge on any atom is 0.338 e. The summed E-state index contributed by atoms with van der Waals surface area (Å²) in [6, 6.07) is 12.6. The predicted molar refractivity (Wildman–Crippen MR) is 126 cm³/mol. The van der Waals surface area contributed by atoms with Gasteiger partial charge in [-0.2, -0.15) is 0 Å². The van der Waals surface area contributed by atoms with E-state index in [2.05, 4.69) is 0 Å². The van der Waals surface area contributed by atoms with Gasteiger partial charge in [0.1, 0.15) is 12.2 Å². The van der Waals surface area contributed by atoms with E-state index in [1.54, 1.807) is 24.3 Å². The quantitative estimate of drug-likeness (QED) is 0.131. The summed E-state index contributed by atoms with van der Waals surface area (Å²) in [5.41, 5.74) is 0.761. The summed E-state index contributed by atoms with van der Waals surface area (Å²) in [5.74, 6) is -12.8. The van der Waals surface area contributed by atoms with Crippen LogP contribution >= 0.6 is 0 Å². The van der Waals surface area contributed by atoms with Crippen LogP contribution in [-0.4, -0.2) is 18.0 Å². The molecule has 0 amide bonds. The number of aryl methyl sites for hydroxylation is 2. The molecule has 0 fully saturated rings. The molecule has 37 heavy (non-hydrogen) atoms. The highest BCUT2D eigenvalue weighted by molar-refractivity contribution is 5.90. The molecule has 0 aliphatic rings. The van der Waals surface area contributed by atoms with Crippen molar-refractivity contribution < 1.29 is 41.0 Å². The second-order valence-electron chi connectivity index (χ2n) is 8.43. The Bertz CT molecular complexity index is 1240. The van der Waals surface area contributed by atoms with Crippen LogP contribution < -0.4 is 0 Å². The van der Waals surface area contributed by atoms with Gasteiger partial charge in [0, 0.05) is 6.42 Å². The molecule has 3 rings (SSSR count). The summed E-state index contributed by atoms with van der Waals surface area (Å²) in [5, 5.41) is 0. The SMILES string of the molecule is CCc1ccc(C(=O)OC(C)CC(OC(=O)c2ccc(CC)cc2)c2c(F)c(F)c(F)c(F)c2F)cc1. The molecule has 0 N–H and O–H groups in total. The maximum atomic E-state index is 14.6. The fraction of sp³-hybridized carbons (Fsp3) is 0.286. The molecule has 3 aromatic rings. The topological polar surface area (TPSA) is 52.6 Å². The highest BCUT2D eigenvalue weighted by Gasteiger charge is 2.34. The van der Waals surface area contributed by atoms with E-state index in [9.17, 15) is 31.5 Å². The Labute approximate surface area is 211 Å². The first kappa shape index (κ1) is 27.8. The average molecular weight is 520 g/mol. The Morgan fingerprint density at radius 3 is 1.43 bits per heavy atom. The van der Waals surface area contributed by atoms with Gasteiger partial charge in [0.2, 0.25) is 5.82 Å². The van der Waals surface area contributed by atoms with Crippen LogP contribution in [0.15, 0.2) is 48.5 Å². The average Bonchev–Trinajstić information content (AvgIpc) is 2.90. The van der Waals surface area contributed by atoms with Gasteiger partial charge in [0.05, 0.1) is 16.7 Å². The third-order valence-electron chi connectivity index (χ3n) is 5.87. The van der Waals surface area contributed by atoms with Crippen molar-refractivity contribution in [1.82, 2.24) is 0 Å². The van der Waals surface area contributed by atoms with E-state index in [1.807, 2.05) is 13.8 Å². The van der Waals surface area contributed by atoms with Crippen molar-refractivity contribution in [2.75, 3.05) is 0 Å². The number of carbonyl (C=O) groups excluding carboxylic acids is 2. The van der Waals surface area contributed by atoms with E-state index < -0.39 is 65.2 Å². The van der Waals surface area contributed by atoms with Gasteiger partial charge < -0.3 is 9.47 Å². The molecule has 0 aliphatic carbocycles. The molecule has 4 nitrogen and oxygen atoms in total. The zero-order valence-corrected chi connectivity index (χ0v) is 20.4. The van der Waals surface area contributed by atoms with E-state index in [0.717, 1.165) is 17.5 Å². The van der Waals surface area contributed by atoms with Crippen LogP contribution in [0, 0.1) is 29.1 Å². The Morgan fingerprint density at radius 1 is 0.649 bits per heavy atom. The molecular weight excluding hydrogens is 495 g/mol. The Hall–Kier alpha value is -3.75. The number of ether oxygens (including phenoxy) is 2. The smallest absolute Gasteiger partial charge is 0.338 e. The predicted octanol–water partition coefficient (Wildman–Crippen LogP) is 7.04. The lowest BCUT2D eigenvalue weighted by molar-refractivity contribution is 0.00100. The van der Waals surface area contributed by atoms with Crippen LogP contribution in [0.4, 0.5) is 22.0 Å². The highest BCUT2D eigenvalue weighted by Crippen LogP contribution is 2.33. The first-order chi connectivity index (χ1) is 17.6. The minimum Gasteiger partial charge on any atom is -0.459 e. The van der Waals surface area contributed by atoms with Crippen molar-refractivity contribution in [1.29, 1.82) is 0 Å². The maximum absolute atomic E-state index is 14.6. The highest BCUT2D eigenvalue weighted by atomic mass is 19.2. The number of halogens is 5. The summed E-state index contributed by atoms with van der Waals surface area (Å²) >= 11 is 0. The molecule has 0 aliphatic heterocycles. The first-order valence-electron chi connectivity index (χ1n) is 11.7. The molecule has 196 valence electrons. The van der Waals surface area contributed by atoms with Gasteiger partial charge in [-0.05, 0) is 55.2 Å². The Kier molecular flexibility index (Phi) is 9.02. The van der Waals surface area contributed by atoms with Crippen LogP contribution in [-0.2, 0) is 22.3 Å². The second kappa shape index (κ2) is 12.0. The number of hydrogen-bond donors (Lipinski definition) is 0. The van der Waals surface area contributed by atoms with Crippen molar-refractivity contribution in [2.45, 2.75) is 52.2 Å². The minimum atomic E-state index is -2.34. The van der Waals surface area contributed by atoms with Gasteiger partial charge >= 0.3 is 11.9 Å². The third-order valence-corrected chi connectivity index (χ3v) is 5.87. The van der Waals surface area contributed by atoms with Gasteiger partial charge in [-0.15, -0.1) is 0 Å². The van der Waals surface area contributed by atoms with Crippen LogP contribution in [0.25, 0.3) is 0 Å². The minimum absolute atomic E-state index is 0.00623. The first-order valence-corrected chi connectivity index (χ1v) is 11.7. The van der Waals surface area contributed by atoms with Crippen molar-refractivity contribution in [3.8, 4) is 0 Å². The Morgan fingerprint density at radius 2 is 1.03 bits per heavy atom. The normalized spacial score (nSPS) is 12.6. The molecule has 0 heterocycles. The molecule has 0 spiro atoms. The number of hydrogen-bond acceptors (Lipinski definition) is 4. The molecule has 0 aromatic heterocycles. The largest absolute Gasteiger partial charge is 0.459 e. The Balaban J connectivity index is 1.90. The lowest BCUT2D eigenvalue weighted by Crippen LogP contribution is -2.23. The monoisotopic (exact) mass is 520 g/mol. The fourth-order valence-electron chi connectivity index (χ4n) is 3.68. The van der Waals surface area contributed by atoms with Gasteiger partial charge in [-0.3, -0.25) is 0 Å². The third kappa shape index (κ3) is 6.34. The van der Waals surface area contributed by atoms with E-state index >= 15 is 0 Å². The van der Waals surface area contributed by atoms with Gasteiger partial charge in [-0.1, -0.05) is 38.1 Å². The van der Waals surface area contributed by atoms with Gasteiger partial charge in [0.15, 0.2) is 23.3 Å². The van der Waals surface area contributed by atoms with E-state index in [0.29, 0.717) is 6.42 Å². The van der Waals surface area contributed by atoms with Crippen LogP contribution in [0.2, 0.25) is 0 Å². The number of rotatable bonds is 9. The van der Waals surface area contributed by atoms with Crippen LogP contribution in [0.3, 0.4) is 0 Å². The number of esters is 2. The summed E-state index contributed by atoms with van der Waals surface area (Å²) in [4.78, 5) is 25.3. The molecule has 3 aromatic carbocycles. The van der Waals surface area contributed by atoms with Crippen LogP contribution in [0.1, 0.15) is 70.7 Å². The number of carbonyl (C=O) groups is 2. The molecule has 0 saturated carbocycles. The van der Waals surface area contributed by atoms with Crippen molar-refractivity contribution in [2.24, 2.45) is 0 Å². The summed E-state index contributed by atoms with van der Waals surface area (Å²) in [6.07, 6.45) is -2.22. The van der Waals surface area contributed by atoms with Crippen molar-refractivity contribution in [3.05, 3.63) is 105 Å². The lowest BCUT2D eigenvalue weighted by Gasteiger charge is -2.23.